The molecule has 2 fully saturated rings. The van der Waals surface area contributed by atoms with Crippen molar-refractivity contribution in [3.8, 4) is 0 Å². The molecule has 0 amide bonds. The van der Waals surface area contributed by atoms with E-state index in [2.05, 4.69) is 17.1 Å². The second kappa shape index (κ2) is 5.28. The second-order valence-electron chi connectivity index (χ2n) is 5.33. The van der Waals surface area contributed by atoms with Crippen LogP contribution in [0.1, 0.15) is 26.2 Å². The van der Waals surface area contributed by atoms with Crippen molar-refractivity contribution < 1.29 is 5.11 Å². The standard InChI is InChI=1S/C12H24N2O/c1-10(9-15)6-13-7-11-4-5-14(8-11)12-2-3-12/h10-13,15H,2-9H2,1H3. The summed E-state index contributed by atoms with van der Waals surface area (Å²) in [6.45, 7) is 7.08. The molecule has 3 nitrogen and oxygen atoms in total. The Labute approximate surface area is 92.8 Å². The number of nitrogens with one attached hydrogen (secondary N) is 1. The van der Waals surface area contributed by atoms with Crippen molar-refractivity contribution in [3.05, 3.63) is 0 Å². The van der Waals surface area contributed by atoms with Crippen LogP contribution in [0, 0.1) is 11.8 Å². The van der Waals surface area contributed by atoms with Crippen molar-refractivity contribution in [1.29, 1.82) is 0 Å². The topological polar surface area (TPSA) is 35.5 Å². The fourth-order valence-corrected chi connectivity index (χ4v) is 2.40. The number of aliphatic hydroxyl groups excluding tert-OH is 1. The van der Waals surface area contributed by atoms with Crippen molar-refractivity contribution in [2.24, 2.45) is 11.8 Å². The maximum absolute atomic E-state index is 8.90. The molecule has 2 atom stereocenters. The van der Waals surface area contributed by atoms with Crippen molar-refractivity contribution in [2.45, 2.75) is 32.2 Å². The lowest BCUT2D eigenvalue weighted by molar-refractivity contribution is 0.231. The molecule has 0 radical (unpaired) electrons. The van der Waals surface area contributed by atoms with Gasteiger partial charge in [-0.25, -0.2) is 0 Å². The minimum absolute atomic E-state index is 0.297. The lowest BCUT2D eigenvalue weighted by Gasteiger charge is -2.16. The first-order valence-electron chi connectivity index (χ1n) is 6.35. The maximum atomic E-state index is 8.90. The van der Waals surface area contributed by atoms with Gasteiger partial charge in [-0.3, -0.25) is 0 Å². The average Bonchev–Trinajstić information content (AvgIpc) is 2.99. The van der Waals surface area contributed by atoms with Gasteiger partial charge in [0.2, 0.25) is 0 Å². The molecule has 0 bridgehead atoms. The molecule has 2 unspecified atom stereocenters. The number of likely N-dealkylation sites (tertiary alicyclic amines) is 1. The van der Waals surface area contributed by atoms with E-state index in [1.807, 2.05) is 0 Å². The Bertz CT molecular complexity index is 194. The van der Waals surface area contributed by atoms with Crippen molar-refractivity contribution in [2.75, 3.05) is 32.8 Å². The molecule has 3 heteroatoms. The molecular formula is C12H24N2O. The quantitative estimate of drug-likeness (QED) is 0.680. The molecule has 0 spiro atoms. The summed E-state index contributed by atoms with van der Waals surface area (Å²) in [5.74, 6) is 1.24. The molecular weight excluding hydrogens is 188 g/mol. The van der Waals surface area contributed by atoms with E-state index < -0.39 is 0 Å². The summed E-state index contributed by atoms with van der Waals surface area (Å²) in [4.78, 5) is 2.65. The molecule has 1 saturated carbocycles. The number of rotatable bonds is 6. The Kier molecular flexibility index (Phi) is 4.00. The van der Waals surface area contributed by atoms with Gasteiger partial charge in [0.25, 0.3) is 0 Å². The van der Waals surface area contributed by atoms with Crippen molar-refractivity contribution >= 4 is 0 Å². The van der Waals surface area contributed by atoms with Crippen molar-refractivity contribution in [1.82, 2.24) is 10.2 Å². The number of hydrogen-bond acceptors (Lipinski definition) is 3. The number of hydrogen-bond donors (Lipinski definition) is 2. The van der Waals surface area contributed by atoms with Gasteiger partial charge in [0.1, 0.15) is 0 Å². The number of aliphatic hydroxyl groups is 1. The SMILES string of the molecule is CC(CO)CNCC1CCN(C2CC2)C1. The first kappa shape index (κ1) is 11.4. The van der Waals surface area contributed by atoms with Crippen LogP contribution in [0.4, 0.5) is 0 Å². The van der Waals surface area contributed by atoms with Crippen LogP contribution in [0.25, 0.3) is 0 Å². The molecule has 1 saturated heterocycles. The lowest BCUT2D eigenvalue weighted by Crippen LogP contribution is -2.30. The van der Waals surface area contributed by atoms with Crippen LogP contribution in [0.5, 0.6) is 0 Å². The van der Waals surface area contributed by atoms with Gasteiger partial charge in [-0.1, -0.05) is 6.92 Å². The minimum Gasteiger partial charge on any atom is -0.396 e. The van der Waals surface area contributed by atoms with Gasteiger partial charge in [0, 0.05) is 19.2 Å². The summed E-state index contributed by atoms with van der Waals surface area (Å²) < 4.78 is 0. The third-order valence-electron chi connectivity index (χ3n) is 3.62. The fraction of sp³-hybridized carbons (Fsp3) is 1.00. The van der Waals surface area contributed by atoms with Gasteiger partial charge in [-0.2, -0.15) is 0 Å². The molecule has 2 aliphatic rings. The van der Waals surface area contributed by atoms with Gasteiger partial charge in [0.15, 0.2) is 0 Å². The van der Waals surface area contributed by atoms with Gasteiger partial charge in [-0.05, 0) is 50.7 Å². The van der Waals surface area contributed by atoms with E-state index in [0.717, 1.165) is 25.0 Å². The van der Waals surface area contributed by atoms with E-state index in [9.17, 15) is 0 Å². The Balaban J connectivity index is 1.56. The number of nitrogens with zero attached hydrogens (tertiary/aromatic N) is 1. The third kappa shape index (κ3) is 3.44. The molecule has 0 aromatic rings. The monoisotopic (exact) mass is 212 g/mol. The molecule has 0 aromatic carbocycles. The van der Waals surface area contributed by atoms with E-state index in [1.54, 1.807) is 0 Å². The largest absolute Gasteiger partial charge is 0.396 e. The highest BCUT2D eigenvalue weighted by Crippen LogP contribution is 2.31. The van der Waals surface area contributed by atoms with Gasteiger partial charge < -0.3 is 15.3 Å². The van der Waals surface area contributed by atoms with Crippen LogP contribution in [0.15, 0.2) is 0 Å². The highest BCUT2D eigenvalue weighted by Gasteiger charge is 2.33. The van der Waals surface area contributed by atoms with Crippen LogP contribution in [-0.2, 0) is 0 Å². The van der Waals surface area contributed by atoms with Gasteiger partial charge >= 0.3 is 0 Å². The van der Waals surface area contributed by atoms with E-state index in [-0.39, 0.29) is 0 Å². The first-order valence-corrected chi connectivity index (χ1v) is 6.35. The molecule has 1 aliphatic heterocycles. The summed E-state index contributed by atoms with van der Waals surface area (Å²) in [5.41, 5.74) is 0. The van der Waals surface area contributed by atoms with E-state index in [4.69, 9.17) is 5.11 Å². The van der Waals surface area contributed by atoms with E-state index in [1.165, 1.54) is 32.4 Å². The van der Waals surface area contributed by atoms with Crippen LogP contribution in [-0.4, -0.2) is 48.8 Å². The van der Waals surface area contributed by atoms with Crippen molar-refractivity contribution in [3.63, 3.8) is 0 Å². The van der Waals surface area contributed by atoms with Crippen LogP contribution in [0.2, 0.25) is 0 Å². The highest BCUT2D eigenvalue weighted by atomic mass is 16.3. The predicted molar refractivity (Wildman–Crippen MR) is 61.8 cm³/mol. The molecule has 1 heterocycles. The van der Waals surface area contributed by atoms with Gasteiger partial charge in [-0.15, -0.1) is 0 Å². The molecule has 88 valence electrons. The summed E-state index contributed by atoms with van der Waals surface area (Å²) in [7, 11) is 0. The Hall–Kier alpha value is -0.120. The maximum Gasteiger partial charge on any atom is 0.0468 e. The average molecular weight is 212 g/mol. The third-order valence-corrected chi connectivity index (χ3v) is 3.62. The Morgan fingerprint density at radius 2 is 2.20 bits per heavy atom. The molecule has 0 aromatic heterocycles. The Morgan fingerprint density at radius 3 is 2.87 bits per heavy atom. The summed E-state index contributed by atoms with van der Waals surface area (Å²) in [5, 5.41) is 12.4. The van der Waals surface area contributed by atoms with Crippen LogP contribution < -0.4 is 5.32 Å². The Morgan fingerprint density at radius 1 is 1.40 bits per heavy atom. The zero-order chi connectivity index (χ0) is 10.7. The van der Waals surface area contributed by atoms with Crippen LogP contribution in [0.3, 0.4) is 0 Å². The predicted octanol–water partition coefficient (Wildman–Crippen LogP) is 0.689. The fourth-order valence-electron chi connectivity index (χ4n) is 2.40. The summed E-state index contributed by atoms with van der Waals surface area (Å²) in [6, 6.07) is 0.936. The highest BCUT2D eigenvalue weighted by molar-refractivity contribution is 4.89. The molecule has 15 heavy (non-hydrogen) atoms. The molecule has 2 rings (SSSR count). The molecule has 2 N–H and O–H groups in total. The normalized spacial score (nSPS) is 29.6. The smallest absolute Gasteiger partial charge is 0.0468 e. The first-order chi connectivity index (χ1) is 7.29. The van der Waals surface area contributed by atoms with Gasteiger partial charge in [0.05, 0.1) is 0 Å². The van der Waals surface area contributed by atoms with E-state index in [0.29, 0.717) is 12.5 Å². The summed E-state index contributed by atoms with van der Waals surface area (Å²) >= 11 is 0. The zero-order valence-corrected chi connectivity index (χ0v) is 9.78. The second-order valence-corrected chi connectivity index (χ2v) is 5.33. The lowest BCUT2D eigenvalue weighted by atomic mass is 10.1. The van der Waals surface area contributed by atoms with E-state index >= 15 is 0 Å². The summed E-state index contributed by atoms with van der Waals surface area (Å²) in [6.07, 6.45) is 4.22. The zero-order valence-electron chi connectivity index (χ0n) is 9.78. The molecule has 1 aliphatic carbocycles. The minimum atomic E-state index is 0.297. The van der Waals surface area contributed by atoms with Crippen LogP contribution >= 0.6 is 0 Å².